The maximum Gasteiger partial charge on any atom is 0.0547 e. The van der Waals surface area contributed by atoms with Gasteiger partial charge in [-0.25, -0.2) is 0 Å². The minimum atomic E-state index is 0.957. The second-order valence-corrected chi connectivity index (χ2v) is 5.28. The molecule has 19 heavy (non-hydrogen) atoms. The maximum atomic E-state index is 4.54. The van der Waals surface area contributed by atoms with Crippen molar-refractivity contribution in [2.75, 3.05) is 26.7 Å². The van der Waals surface area contributed by atoms with Crippen molar-refractivity contribution in [1.82, 2.24) is 15.2 Å². The lowest BCUT2D eigenvalue weighted by Crippen LogP contribution is -2.20. The van der Waals surface area contributed by atoms with E-state index in [9.17, 15) is 0 Å². The smallest absolute Gasteiger partial charge is 0.0547 e. The van der Waals surface area contributed by atoms with Crippen LogP contribution < -0.4 is 5.32 Å². The molecule has 3 nitrogen and oxygen atoms in total. The van der Waals surface area contributed by atoms with Gasteiger partial charge >= 0.3 is 0 Å². The van der Waals surface area contributed by atoms with Crippen molar-refractivity contribution in [3.8, 4) is 0 Å². The van der Waals surface area contributed by atoms with Gasteiger partial charge < -0.3 is 10.2 Å². The number of nitrogens with one attached hydrogen (secondary N) is 1. The average Bonchev–Trinajstić information content (AvgIpc) is 2.37. The highest BCUT2D eigenvalue weighted by Crippen LogP contribution is 2.05. The SMILES string of the molecule is CCNCCCCCCN(C)Cc1cccc(C)n1. The van der Waals surface area contributed by atoms with Crippen LogP contribution in [-0.4, -0.2) is 36.6 Å². The van der Waals surface area contributed by atoms with E-state index in [4.69, 9.17) is 0 Å². The number of rotatable bonds is 10. The molecular weight excluding hydrogens is 234 g/mol. The van der Waals surface area contributed by atoms with E-state index in [-0.39, 0.29) is 0 Å². The van der Waals surface area contributed by atoms with Crippen molar-refractivity contribution < 1.29 is 0 Å². The molecule has 1 heterocycles. The molecular formula is C16H29N3. The van der Waals surface area contributed by atoms with Crippen LogP contribution in [0.3, 0.4) is 0 Å². The molecule has 0 amide bonds. The molecule has 0 unspecified atom stereocenters. The highest BCUT2D eigenvalue weighted by atomic mass is 15.1. The monoisotopic (exact) mass is 263 g/mol. The second-order valence-electron chi connectivity index (χ2n) is 5.28. The van der Waals surface area contributed by atoms with E-state index in [0.29, 0.717) is 0 Å². The zero-order valence-electron chi connectivity index (χ0n) is 12.8. The fraction of sp³-hybridized carbons (Fsp3) is 0.688. The summed E-state index contributed by atoms with van der Waals surface area (Å²) in [5.74, 6) is 0. The summed E-state index contributed by atoms with van der Waals surface area (Å²) < 4.78 is 0. The van der Waals surface area contributed by atoms with Crippen LogP contribution in [0.15, 0.2) is 18.2 Å². The number of pyridine rings is 1. The summed E-state index contributed by atoms with van der Waals surface area (Å²) in [6.45, 7) is 8.59. The first-order valence-electron chi connectivity index (χ1n) is 7.54. The van der Waals surface area contributed by atoms with Gasteiger partial charge in [0.2, 0.25) is 0 Å². The zero-order valence-corrected chi connectivity index (χ0v) is 12.8. The third-order valence-corrected chi connectivity index (χ3v) is 3.27. The Kier molecular flexibility index (Phi) is 8.43. The lowest BCUT2D eigenvalue weighted by atomic mass is 10.2. The van der Waals surface area contributed by atoms with Gasteiger partial charge in [0.15, 0.2) is 0 Å². The highest BCUT2D eigenvalue weighted by Gasteiger charge is 2.01. The first kappa shape index (κ1) is 16.1. The van der Waals surface area contributed by atoms with E-state index < -0.39 is 0 Å². The first-order chi connectivity index (χ1) is 9.22. The van der Waals surface area contributed by atoms with Crippen molar-refractivity contribution >= 4 is 0 Å². The van der Waals surface area contributed by atoms with Crippen molar-refractivity contribution in [2.45, 2.75) is 46.1 Å². The quantitative estimate of drug-likeness (QED) is 0.658. The molecule has 0 bridgehead atoms. The molecule has 0 aromatic carbocycles. The van der Waals surface area contributed by atoms with E-state index in [1.54, 1.807) is 0 Å². The molecule has 0 atom stereocenters. The molecule has 0 fully saturated rings. The van der Waals surface area contributed by atoms with Crippen molar-refractivity contribution in [2.24, 2.45) is 0 Å². The van der Waals surface area contributed by atoms with Gasteiger partial charge in [-0.15, -0.1) is 0 Å². The van der Waals surface area contributed by atoms with Gasteiger partial charge in [0.1, 0.15) is 0 Å². The molecule has 0 radical (unpaired) electrons. The summed E-state index contributed by atoms with van der Waals surface area (Å²) in [4.78, 5) is 6.91. The number of aromatic nitrogens is 1. The van der Waals surface area contributed by atoms with E-state index in [1.807, 2.05) is 13.0 Å². The molecule has 1 aromatic rings. The molecule has 1 aromatic heterocycles. The maximum absolute atomic E-state index is 4.54. The Morgan fingerprint density at radius 1 is 1.16 bits per heavy atom. The number of unbranched alkanes of at least 4 members (excludes halogenated alkanes) is 3. The zero-order chi connectivity index (χ0) is 13.9. The lowest BCUT2D eigenvalue weighted by molar-refractivity contribution is 0.313. The van der Waals surface area contributed by atoms with Crippen molar-refractivity contribution in [1.29, 1.82) is 0 Å². The summed E-state index contributed by atoms with van der Waals surface area (Å²) in [6.07, 6.45) is 5.26. The molecule has 1 N–H and O–H groups in total. The molecule has 0 saturated carbocycles. The van der Waals surface area contributed by atoms with Crippen molar-refractivity contribution in [3.63, 3.8) is 0 Å². The second kappa shape index (κ2) is 9.93. The van der Waals surface area contributed by atoms with E-state index >= 15 is 0 Å². The van der Waals surface area contributed by atoms with Gasteiger partial charge in [-0.1, -0.05) is 25.8 Å². The molecule has 3 heteroatoms. The molecule has 1 rings (SSSR count). The number of aryl methyl sites for hydroxylation is 1. The van der Waals surface area contributed by atoms with Crippen LogP contribution in [-0.2, 0) is 6.54 Å². The predicted octanol–water partition coefficient (Wildman–Crippen LogP) is 2.99. The summed E-state index contributed by atoms with van der Waals surface area (Å²) in [5, 5.41) is 3.37. The van der Waals surface area contributed by atoms with E-state index in [2.05, 4.69) is 41.3 Å². The van der Waals surface area contributed by atoms with Crippen LogP contribution in [0.1, 0.15) is 44.0 Å². The number of hydrogen-bond donors (Lipinski definition) is 1. The molecule has 0 spiro atoms. The van der Waals surface area contributed by atoms with Gasteiger partial charge in [0, 0.05) is 12.2 Å². The Morgan fingerprint density at radius 2 is 1.95 bits per heavy atom. The molecule has 0 aliphatic carbocycles. The van der Waals surface area contributed by atoms with Crippen molar-refractivity contribution in [3.05, 3.63) is 29.6 Å². The Bertz CT molecular complexity index is 339. The first-order valence-corrected chi connectivity index (χ1v) is 7.54. The Balaban J connectivity index is 2.06. The summed E-state index contributed by atoms with van der Waals surface area (Å²) in [5.41, 5.74) is 2.28. The van der Waals surface area contributed by atoms with Gasteiger partial charge in [-0.2, -0.15) is 0 Å². The van der Waals surface area contributed by atoms with Crippen LogP contribution in [0.2, 0.25) is 0 Å². The largest absolute Gasteiger partial charge is 0.317 e. The standard InChI is InChI=1S/C16H29N3/c1-4-17-12-7-5-6-8-13-19(3)14-16-11-9-10-15(2)18-16/h9-11,17H,4-8,12-14H2,1-3H3. The van der Waals surface area contributed by atoms with Gasteiger partial charge in [0.25, 0.3) is 0 Å². The minimum Gasteiger partial charge on any atom is -0.317 e. The average molecular weight is 263 g/mol. The van der Waals surface area contributed by atoms with E-state index in [1.165, 1.54) is 37.9 Å². The highest BCUT2D eigenvalue weighted by molar-refractivity contribution is 5.09. The van der Waals surface area contributed by atoms with E-state index in [0.717, 1.165) is 25.3 Å². The van der Waals surface area contributed by atoms with Gasteiger partial charge in [-0.05, 0) is 58.6 Å². The van der Waals surface area contributed by atoms with Crippen LogP contribution in [0.5, 0.6) is 0 Å². The molecule has 108 valence electrons. The Hall–Kier alpha value is -0.930. The topological polar surface area (TPSA) is 28.2 Å². The van der Waals surface area contributed by atoms with Gasteiger partial charge in [0.05, 0.1) is 5.69 Å². The summed E-state index contributed by atoms with van der Waals surface area (Å²) in [7, 11) is 2.18. The van der Waals surface area contributed by atoms with Crippen LogP contribution in [0.4, 0.5) is 0 Å². The lowest BCUT2D eigenvalue weighted by Gasteiger charge is -2.16. The number of hydrogen-bond acceptors (Lipinski definition) is 3. The normalized spacial score (nSPS) is 11.2. The molecule has 0 aliphatic heterocycles. The minimum absolute atomic E-state index is 0.957. The third kappa shape index (κ3) is 7.96. The van der Waals surface area contributed by atoms with Crippen LogP contribution in [0.25, 0.3) is 0 Å². The fourth-order valence-corrected chi connectivity index (χ4v) is 2.21. The third-order valence-electron chi connectivity index (χ3n) is 3.27. The van der Waals surface area contributed by atoms with Crippen LogP contribution in [0, 0.1) is 6.92 Å². The number of nitrogens with zero attached hydrogens (tertiary/aromatic N) is 2. The van der Waals surface area contributed by atoms with Crippen LogP contribution >= 0.6 is 0 Å². The predicted molar refractivity (Wildman–Crippen MR) is 82.3 cm³/mol. The van der Waals surface area contributed by atoms with Gasteiger partial charge in [-0.3, -0.25) is 4.98 Å². The summed E-state index contributed by atoms with van der Waals surface area (Å²) >= 11 is 0. The summed E-state index contributed by atoms with van der Waals surface area (Å²) in [6, 6.07) is 6.25. The Labute approximate surface area is 118 Å². The fourth-order valence-electron chi connectivity index (χ4n) is 2.21. The Morgan fingerprint density at radius 3 is 2.68 bits per heavy atom. The molecule has 0 saturated heterocycles. The molecule has 0 aliphatic rings.